The zero-order chi connectivity index (χ0) is 22.6. The number of carbonyl (C=O) groups is 1. The molecule has 3 aromatic carbocycles. The molecule has 2 heterocycles. The standard InChI is InChI=1S/C26H20N4O3/c31-25-20-13-7-8-14-21(20)27-24(28-25)17-30(16-18-9-3-1-4-10-18)26(32)22-15-23(33-29-22)19-11-5-2-6-12-19/h1-15H,16-17H2,(H,27,28,31). The second-order valence-corrected chi connectivity index (χ2v) is 7.62. The molecule has 0 bridgehead atoms. The third-order valence-corrected chi connectivity index (χ3v) is 5.29. The second-order valence-electron chi connectivity index (χ2n) is 7.62. The van der Waals surface area contributed by atoms with E-state index in [2.05, 4.69) is 15.1 Å². The lowest BCUT2D eigenvalue weighted by molar-refractivity contribution is 0.0715. The van der Waals surface area contributed by atoms with Crippen LogP contribution in [0, 0.1) is 0 Å². The number of carbonyl (C=O) groups excluding carboxylic acids is 1. The first-order valence-corrected chi connectivity index (χ1v) is 10.5. The molecule has 0 unspecified atom stereocenters. The van der Waals surface area contributed by atoms with Crippen LogP contribution in [-0.4, -0.2) is 25.9 Å². The summed E-state index contributed by atoms with van der Waals surface area (Å²) in [7, 11) is 0. The van der Waals surface area contributed by atoms with Crippen LogP contribution in [-0.2, 0) is 13.1 Å². The van der Waals surface area contributed by atoms with E-state index >= 15 is 0 Å². The van der Waals surface area contributed by atoms with Gasteiger partial charge in [-0.3, -0.25) is 9.59 Å². The zero-order valence-corrected chi connectivity index (χ0v) is 17.6. The van der Waals surface area contributed by atoms with Gasteiger partial charge in [0, 0.05) is 18.2 Å². The van der Waals surface area contributed by atoms with E-state index in [0.717, 1.165) is 11.1 Å². The monoisotopic (exact) mass is 436 g/mol. The molecular weight excluding hydrogens is 416 g/mol. The summed E-state index contributed by atoms with van der Waals surface area (Å²) in [6.07, 6.45) is 0. The maximum atomic E-state index is 13.4. The van der Waals surface area contributed by atoms with Crippen LogP contribution in [0.1, 0.15) is 21.9 Å². The first kappa shape index (κ1) is 20.4. The number of benzene rings is 3. The fourth-order valence-corrected chi connectivity index (χ4v) is 3.67. The summed E-state index contributed by atoms with van der Waals surface area (Å²) < 4.78 is 5.43. The molecule has 7 nitrogen and oxygen atoms in total. The molecule has 5 rings (SSSR count). The minimum atomic E-state index is -0.319. The average molecular weight is 436 g/mol. The molecule has 0 aliphatic carbocycles. The molecule has 5 aromatic rings. The molecule has 1 amide bonds. The number of aromatic amines is 1. The Hall–Kier alpha value is -4.52. The van der Waals surface area contributed by atoms with Gasteiger partial charge in [-0.05, 0) is 17.7 Å². The number of nitrogens with one attached hydrogen (secondary N) is 1. The van der Waals surface area contributed by atoms with Gasteiger partial charge in [-0.25, -0.2) is 4.98 Å². The Bertz CT molecular complexity index is 1460. The lowest BCUT2D eigenvalue weighted by Crippen LogP contribution is -2.32. The van der Waals surface area contributed by atoms with Crippen LogP contribution in [0.5, 0.6) is 0 Å². The summed E-state index contributed by atoms with van der Waals surface area (Å²) >= 11 is 0. The molecule has 1 N–H and O–H groups in total. The predicted molar refractivity (Wildman–Crippen MR) is 124 cm³/mol. The number of amides is 1. The number of hydrogen-bond acceptors (Lipinski definition) is 5. The van der Waals surface area contributed by atoms with E-state index in [1.807, 2.05) is 66.7 Å². The average Bonchev–Trinajstić information content (AvgIpc) is 3.35. The fourth-order valence-electron chi connectivity index (χ4n) is 3.67. The summed E-state index contributed by atoms with van der Waals surface area (Å²) in [5.74, 6) is 0.589. The van der Waals surface area contributed by atoms with Crippen LogP contribution in [0.4, 0.5) is 0 Å². The van der Waals surface area contributed by atoms with Crippen molar-refractivity contribution in [1.29, 1.82) is 0 Å². The summed E-state index contributed by atoms with van der Waals surface area (Å²) in [5, 5.41) is 4.51. The lowest BCUT2D eigenvalue weighted by Gasteiger charge is -2.21. The van der Waals surface area contributed by atoms with Crippen molar-refractivity contribution in [2.24, 2.45) is 0 Å². The fraction of sp³-hybridized carbons (Fsp3) is 0.0769. The summed E-state index contributed by atoms with van der Waals surface area (Å²) in [5.41, 5.74) is 2.31. The number of nitrogens with zero attached hydrogens (tertiary/aromatic N) is 3. The van der Waals surface area contributed by atoms with Gasteiger partial charge >= 0.3 is 0 Å². The van der Waals surface area contributed by atoms with Crippen molar-refractivity contribution in [3.05, 3.63) is 118 Å². The molecule has 0 aliphatic heterocycles. The van der Waals surface area contributed by atoms with Crippen molar-refractivity contribution in [2.75, 3.05) is 0 Å². The van der Waals surface area contributed by atoms with Crippen molar-refractivity contribution in [3.8, 4) is 11.3 Å². The van der Waals surface area contributed by atoms with E-state index in [1.165, 1.54) is 0 Å². The minimum Gasteiger partial charge on any atom is -0.355 e. The van der Waals surface area contributed by atoms with Crippen LogP contribution in [0.25, 0.3) is 22.2 Å². The van der Waals surface area contributed by atoms with E-state index < -0.39 is 0 Å². The highest BCUT2D eigenvalue weighted by Gasteiger charge is 2.22. The van der Waals surface area contributed by atoms with Gasteiger partial charge in [0.2, 0.25) is 0 Å². The van der Waals surface area contributed by atoms with Gasteiger partial charge in [-0.2, -0.15) is 0 Å². The summed E-state index contributed by atoms with van der Waals surface area (Å²) in [6, 6.07) is 27.8. The van der Waals surface area contributed by atoms with Crippen LogP contribution in [0.15, 0.2) is 100 Å². The van der Waals surface area contributed by atoms with E-state index in [1.54, 1.807) is 29.2 Å². The molecule has 2 aromatic heterocycles. The maximum absolute atomic E-state index is 13.4. The molecule has 0 saturated heterocycles. The molecule has 0 aliphatic rings. The number of fused-ring (bicyclic) bond motifs is 1. The number of aromatic nitrogens is 3. The number of hydrogen-bond donors (Lipinski definition) is 1. The maximum Gasteiger partial charge on any atom is 0.276 e. The largest absolute Gasteiger partial charge is 0.355 e. The minimum absolute atomic E-state index is 0.112. The normalized spacial score (nSPS) is 10.9. The van der Waals surface area contributed by atoms with E-state index in [0.29, 0.717) is 29.0 Å². The molecule has 162 valence electrons. The van der Waals surface area contributed by atoms with Crippen molar-refractivity contribution in [2.45, 2.75) is 13.1 Å². The number of rotatable bonds is 6. The van der Waals surface area contributed by atoms with E-state index in [9.17, 15) is 9.59 Å². The molecule has 0 fully saturated rings. The molecule has 7 heteroatoms. The molecule has 33 heavy (non-hydrogen) atoms. The van der Waals surface area contributed by atoms with Gasteiger partial charge in [0.05, 0.1) is 17.4 Å². The third kappa shape index (κ3) is 4.43. The quantitative estimate of drug-likeness (QED) is 0.425. The first-order valence-electron chi connectivity index (χ1n) is 10.5. The highest BCUT2D eigenvalue weighted by Crippen LogP contribution is 2.21. The SMILES string of the molecule is O=C(c1cc(-c2ccccc2)on1)N(Cc1ccccc1)Cc1nc2ccccc2c(=O)[nH]1. The van der Waals surface area contributed by atoms with Gasteiger partial charge in [-0.1, -0.05) is 78.0 Å². The van der Waals surface area contributed by atoms with Crippen molar-refractivity contribution in [1.82, 2.24) is 20.0 Å². The van der Waals surface area contributed by atoms with Crippen molar-refractivity contribution >= 4 is 16.8 Å². The Balaban J connectivity index is 1.48. The van der Waals surface area contributed by atoms with Gasteiger partial charge in [0.1, 0.15) is 5.82 Å². The third-order valence-electron chi connectivity index (χ3n) is 5.29. The van der Waals surface area contributed by atoms with Crippen molar-refractivity contribution in [3.63, 3.8) is 0 Å². The van der Waals surface area contributed by atoms with Crippen molar-refractivity contribution < 1.29 is 9.32 Å². The molecule has 0 spiro atoms. The molecule has 0 radical (unpaired) electrons. The van der Waals surface area contributed by atoms with E-state index in [4.69, 9.17) is 4.52 Å². The first-order chi connectivity index (χ1) is 16.2. The van der Waals surface area contributed by atoms with Crippen LogP contribution in [0.3, 0.4) is 0 Å². The van der Waals surface area contributed by atoms with E-state index in [-0.39, 0.29) is 23.7 Å². The van der Waals surface area contributed by atoms with Gasteiger partial charge in [0.25, 0.3) is 11.5 Å². The Morgan fingerprint density at radius 2 is 1.58 bits per heavy atom. The lowest BCUT2D eigenvalue weighted by atomic mass is 10.1. The Labute approximate surface area is 189 Å². The summed E-state index contributed by atoms with van der Waals surface area (Å²) in [4.78, 5) is 34.9. The Morgan fingerprint density at radius 1 is 0.879 bits per heavy atom. The molecule has 0 atom stereocenters. The highest BCUT2D eigenvalue weighted by molar-refractivity contribution is 5.93. The topological polar surface area (TPSA) is 92.1 Å². The molecular formula is C26H20N4O3. The number of H-pyrrole nitrogens is 1. The Morgan fingerprint density at radius 3 is 2.36 bits per heavy atom. The van der Waals surface area contributed by atoms with Crippen LogP contribution in [0.2, 0.25) is 0 Å². The zero-order valence-electron chi connectivity index (χ0n) is 17.6. The highest BCUT2D eigenvalue weighted by atomic mass is 16.5. The summed E-state index contributed by atoms with van der Waals surface area (Å²) in [6.45, 7) is 0.436. The molecule has 0 saturated carbocycles. The van der Waals surface area contributed by atoms with Gasteiger partial charge < -0.3 is 14.4 Å². The Kier molecular flexibility index (Phi) is 5.51. The predicted octanol–water partition coefficient (Wildman–Crippen LogP) is 4.42. The van der Waals surface area contributed by atoms with Crippen LogP contribution < -0.4 is 5.56 Å². The number of para-hydroxylation sites is 1. The van der Waals surface area contributed by atoms with Crippen LogP contribution >= 0.6 is 0 Å². The smallest absolute Gasteiger partial charge is 0.276 e. The van der Waals surface area contributed by atoms with Gasteiger partial charge in [0.15, 0.2) is 11.5 Å². The van der Waals surface area contributed by atoms with Gasteiger partial charge in [-0.15, -0.1) is 0 Å². The second kappa shape index (κ2) is 8.92.